The number of halogens is 1. The molecule has 2 unspecified atom stereocenters. The van der Waals surface area contributed by atoms with Crippen molar-refractivity contribution in [2.24, 2.45) is 5.92 Å². The fourth-order valence-corrected chi connectivity index (χ4v) is 3.49. The van der Waals surface area contributed by atoms with E-state index in [0.29, 0.717) is 15.8 Å². The number of aliphatic hydroxyl groups is 1. The van der Waals surface area contributed by atoms with Gasteiger partial charge in [-0.1, -0.05) is 11.6 Å². The molecule has 0 spiro atoms. The van der Waals surface area contributed by atoms with Gasteiger partial charge in [0.15, 0.2) is 0 Å². The van der Waals surface area contributed by atoms with Gasteiger partial charge in [0.25, 0.3) is 5.91 Å². The van der Waals surface area contributed by atoms with Gasteiger partial charge in [-0.05, 0) is 25.3 Å². The highest BCUT2D eigenvalue weighted by Gasteiger charge is 2.32. The average molecular weight is 358 g/mol. The molecule has 23 heavy (non-hydrogen) atoms. The first-order valence-electron chi connectivity index (χ1n) is 7.32. The Morgan fingerprint density at radius 3 is 2.74 bits per heavy atom. The molecule has 1 aromatic rings. The molecular weight excluding hydrogens is 342 g/mol. The van der Waals surface area contributed by atoms with Gasteiger partial charge in [-0.25, -0.2) is 0 Å². The second kappa shape index (κ2) is 6.46. The summed E-state index contributed by atoms with van der Waals surface area (Å²) in [5.74, 6) is -0.789. The minimum Gasteiger partial charge on any atom is -0.372 e. The van der Waals surface area contributed by atoms with Crippen molar-refractivity contribution in [3.8, 4) is 0 Å². The van der Waals surface area contributed by atoms with Gasteiger partial charge in [0, 0.05) is 12.3 Å². The second-order valence-corrected chi connectivity index (χ2v) is 7.37. The summed E-state index contributed by atoms with van der Waals surface area (Å²) in [6.45, 7) is 0. The Bertz CT molecular complexity index is 658. The number of carbonyl (C=O) groups is 3. The van der Waals surface area contributed by atoms with E-state index < -0.39 is 18.2 Å². The number of carbonyl (C=O) groups excluding carboxylic acids is 3. The quantitative estimate of drug-likeness (QED) is 0.646. The number of aliphatic hydroxyl groups excluding tert-OH is 1. The maximum atomic E-state index is 12.4. The van der Waals surface area contributed by atoms with Crippen LogP contribution in [0.15, 0.2) is 6.07 Å². The summed E-state index contributed by atoms with van der Waals surface area (Å²) in [7, 11) is 0. The fourth-order valence-electron chi connectivity index (χ4n) is 2.36. The number of anilines is 1. The summed E-state index contributed by atoms with van der Waals surface area (Å²) >= 11 is 7.08. The lowest BCUT2D eigenvalue weighted by Gasteiger charge is -2.28. The van der Waals surface area contributed by atoms with Crippen LogP contribution in [0.3, 0.4) is 0 Å². The fraction of sp³-hybridized carbons (Fsp3) is 0.500. The molecule has 7 nitrogen and oxygen atoms in total. The Morgan fingerprint density at radius 1 is 1.35 bits per heavy atom. The van der Waals surface area contributed by atoms with E-state index in [0.717, 1.165) is 24.2 Å². The first-order valence-corrected chi connectivity index (χ1v) is 8.52. The van der Waals surface area contributed by atoms with Crippen LogP contribution in [0.1, 0.15) is 36.0 Å². The van der Waals surface area contributed by atoms with Gasteiger partial charge in [-0.15, -0.1) is 11.3 Å². The molecule has 1 saturated carbocycles. The van der Waals surface area contributed by atoms with Crippen LogP contribution in [-0.2, 0) is 9.59 Å². The van der Waals surface area contributed by atoms with Crippen LogP contribution < -0.4 is 16.0 Å². The number of thiophene rings is 1. The first-order chi connectivity index (χ1) is 10.9. The molecule has 0 radical (unpaired) electrons. The minimum absolute atomic E-state index is 0.0159. The van der Waals surface area contributed by atoms with Crippen LogP contribution in [0, 0.1) is 5.92 Å². The Kier molecular flexibility index (Phi) is 4.56. The van der Waals surface area contributed by atoms with Crippen LogP contribution in [0.5, 0.6) is 0 Å². The molecule has 124 valence electrons. The van der Waals surface area contributed by atoms with Gasteiger partial charge in [0.1, 0.15) is 11.2 Å². The lowest BCUT2D eigenvalue weighted by Crippen LogP contribution is -2.55. The largest absolute Gasteiger partial charge is 0.372 e. The lowest BCUT2D eigenvalue weighted by atomic mass is 10.0. The highest BCUT2D eigenvalue weighted by molar-refractivity contribution is 7.20. The molecule has 2 aliphatic rings. The monoisotopic (exact) mass is 357 g/mol. The van der Waals surface area contributed by atoms with Crippen molar-refractivity contribution < 1.29 is 19.5 Å². The number of amides is 3. The van der Waals surface area contributed by atoms with Gasteiger partial charge >= 0.3 is 0 Å². The molecule has 1 saturated heterocycles. The van der Waals surface area contributed by atoms with Crippen LogP contribution in [-0.4, -0.2) is 35.1 Å². The zero-order valence-electron chi connectivity index (χ0n) is 12.1. The van der Waals surface area contributed by atoms with Crippen molar-refractivity contribution in [3.05, 3.63) is 16.0 Å². The van der Waals surface area contributed by atoms with E-state index in [1.54, 1.807) is 0 Å². The molecule has 9 heteroatoms. The third-order valence-corrected chi connectivity index (χ3v) is 5.00. The molecule has 0 aromatic carbocycles. The number of hydrogen-bond donors (Lipinski definition) is 4. The van der Waals surface area contributed by atoms with E-state index in [-0.39, 0.29) is 29.7 Å². The summed E-state index contributed by atoms with van der Waals surface area (Å²) in [5, 5.41) is 18.0. The topological polar surface area (TPSA) is 108 Å². The summed E-state index contributed by atoms with van der Waals surface area (Å²) in [6, 6.07) is 0.906. The third kappa shape index (κ3) is 3.82. The van der Waals surface area contributed by atoms with E-state index in [1.165, 1.54) is 6.07 Å². The molecule has 1 aromatic heterocycles. The molecule has 2 fully saturated rings. The van der Waals surface area contributed by atoms with E-state index in [9.17, 15) is 19.5 Å². The molecule has 1 aliphatic heterocycles. The Balaban J connectivity index is 1.69. The number of rotatable bonds is 4. The van der Waals surface area contributed by atoms with Crippen LogP contribution >= 0.6 is 22.9 Å². The zero-order valence-corrected chi connectivity index (χ0v) is 13.7. The van der Waals surface area contributed by atoms with Gasteiger partial charge in [-0.2, -0.15) is 0 Å². The smallest absolute Gasteiger partial charge is 0.254 e. The standard InChI is InChI=1S/C14H16ClN3O4S/c15-9-5-7(14(23-9)18-11(20)6-1-2-6)12(21)16-8-3-4-10(19)17-13(8)22/h5-6,8,13,22H,1-4H2,(H,16,21)(H,17,19)(H,18,20). The summed E-state index contributed by atoms with van der Waals surface area (Å²) in [5.41, 5.74) is 0.262. The predicted octanol–water partition coefficient (Wildman–Crippen LogP) is 1.08. The van der Waals surface area contributed by atoms with Crippen LogP contribution in [0.25, 0.3) is 0 Å². The molecule has 2 heterocycles. The highest BCUT2D eigenvalue weighted by atomic mass is 35.5. The van der Waals surface area contributed by atoms with Gasteiger partial charge in [0.2, 0.25) is 11.8 Å². The van der Waals surface area contributed by atoms with E-state index in [1.807, 2.05) is 0 Å². The minimum atomic E-state index is -1.13. The predicted molar refractivity (Wildman–Crippen MR) is 85.3 cm³/mol. The van der Waals surface area contributed by atoms with E-state index in [2.05, 4.69) is 16.0 Å². The summed E-state index contributed by atoms with van der Waals surface area (Å²) < 4.78 is 0.388. The third-order valence-electron chi connectivity index (χ3n) is 3.82. The van der Waals surface area contributed by atoms with Crippen LogP contribution in [0.2, 0.25) is 4.34 Å². The maximum absolute atomic E-state index is 12.4. The van der Waals surface area contributed by atoms with Crippen molar-refractivity contribution in [3.63, 3.8) is 0 Å². The molecular formula is C14H16ClN3O4S. The highest BCUT2D eigenvalue weighted by Crippen LogP contribution is 2.35. The number of nitrogens with one attached hydrogen (secondary N) is 3. The summed E-state index contributed by atoms with van der Waals surface area (Å²) in [4.78, 5) is 35.4. The molecule has 3 rings (SSSR count). The summed E-state index contributed by atoms with van der Waals surface area (Å²) in [6.07, 6.45) is 1.18. The van der Waals surface area contributed by atoms with Gasteiger partial charge in [0.05, 0.1) is 15.9 Å². The molecule has 1 aliphatic carbocycles. The van der Waals surface area contributed by atoms with E-state index in [4.69, 9.17) is 11.6 Å². The number of hydrogen-bond acceptors (Lipinski definition) is 5. The molecule has 3 amide bonds. The van der Waals surface area contributed by atoms with Crippen molar-refractivity contribution in [2.75, 3.05) is 5.32 Å². The van der Waals surface area contributed by atoms with Crippen LogP contribution in [0.4, 0.5) is 5.00 Å². The van der Waals surface area contributed by atoms with Crippen molar-refractivity contribution in [1.82, 2.24) is 10.6 Å². The zero-order chi connectivity index (χ0) is 16.6. The average Bonchev–Trinajstić information content (AvgIpc) is 3.26. The normalized spacial score (nSPS) is 24.0. The maximum Gasteiger partial charge on any atom is 0.254 e. The van der Waals surface area contributed by atoms with Gasteiger partial charge in [-0.3, -0.25) is 14.4 Å². The SMILES string of the molecule is O=C1CCC(NC(=O)c2cc(Cl)sc2NC(=O)C2CC2)C(O)N1. The number of piperidine rings is 1. The van der Waals surface area contributed by atoms with Crippen molar-refractivity contribution >= 4 is 45.7 Å². The Morgan fingerprint density at radius 2 is 2.09 bits per heavy atom. The van der Waals surface area contributed by atoms with Crippen molar-refractivity contribution in [2.45, 2.75) is 38.0 Å². The molecule has 4 N–H and O–H groups in total. The second-order valence-electron chi connectivity index (χ2n) is 5.69. The Hall–Kier alpha value is -1.64. The van der Waals surface area contributed by atoms with Crippen molar-refractivity contribution in [1.29, 1.82) is 0 Å². The molecule has 0 bridgehead atoms. The Labute approximate surface area is 141 Å². The van der Waals surface area contributed by atoms with E-state index >= 15 is 0 Å². The lowest BCUT2D eigenvalue weighted by molar-refractivity contribution is -0.127. The van der Waals surface area contributed by atoms with Gasteiger partial charge < -0.3 is 21.1 Å². The first kappa shape index (κ1) is 16.2. The molecule has 2 atom stereocenters.